The monoisotopic (exact) mass is 243 g/mol. The molecule has 1 N–H and O–H groups in total. The SMILES string of the molecule is CCCN(CCO)C(=O)c1cccc(F)c1F. The lowest BCUT2D eigenvalue weighted by Crippen LogP contribution is -2.34. The third-order valence-corrected chi connectivity index (χ3v) is 2.33. The van der Waals surface area contributed by atoms with Crippen molar-refractivity contribution < 1.29 is 18.7 Å². The fourth-order valence-corrected chi connectivity index (χ4v) is 1.54. The van der Waals surface area contributed by atoms with E-state index in [1.165, 1.54) is 17.0 Å². The minimum absolute atomic E-state index is 0.114. The first-order valence-corrected chi connectivity index (χ1v) is 5.46. The lowest BCUT2D eigenvalue weighted by atomic mass is 10.1. The fraction of sp³-hybridized carbons (Fsp3) is 0.417. The molecule has 0 unspecified atom stereocenters. The number of nitrogens with zero attached hydrogens (tertiary/aromatic N) is 1. The summed E-state index contributed by atoms with van der Waals surface area (Å²) in [7, 11) is 0. The van der Waals surface area contributed by atoms with E-state index < -0.39 is 17.5 Å². The average Bonchev–Trinajstić information content (AvgIpc) is 2.31. The Kier molecular flexibility index (Phi) is 5.03. The topological polar surface area (TPSA) is 40.5 Å². The van der Waals surface area contributed by atoms with Crippen molar-refractivity contribution in [1.29, 1.82) is 0 Å². The highest BCUT2D eigenvalue weighted by Gasteiger charge is 2.20. The number of rotatable bonds is 5. The summed E-state index contributed by atoms with van der Waals surface area (Å²) in [6.45, 7) is 2.17. The van der Waals surface area contributed by atoms with Gasteiger partial charge in [0.15, 0.2) is 11.6 Å². The van der Waals surface area contributed by atoms with E-state index >= 15 is 0 Å². The maximum absolute atomic E-state index is 13.4. The highest BCUT2D eigenvalue weighted by molar-refractivity contribution is 5.94. The number of halogens is 2. The number of carbonyl (C=O) groups is 1. The van der Waals surface area contributed by atoms with E-state index in [0.717, 1.165) is 6.07 Å². The van der Waals surface area contributed by atoms with Crippen molar-refractivity contribution in [3.8, 4) is 0 Å². The van der Waals surface area contributed by atoms with Gasteiger partial charge in [0.2, 0.25) is 0 Å². The Bertz CT molecular complexity index is 390. The summed E-state index contributed by atoms with van der Waals surface area (Å²) >= 11 is 0. The van der Waals surface area contributed by atoms with Crippen LogP contribution in [0.2, 0.25) is 0 Å². The summed E-state index contributed by atoms with van der Waals surface area (Å²) in [6.07, 6.45) is 0.683. The second-order valence-corrected chi connectivity index (χ2v) is 3.62. The molecule has 0 fully saturated rings. The molecule has 0 spiro atoms. The highest BCUT2D eigenvalue weighted by atomic mass is 19.2. The molecule has 1 aromatic rings. The molecule has 3 nitrogen and oxygen atoms in total. The normalized spacial score (nSPS) is 10.4. The number of aliphatic hydroxyl groups excluding tert-OH is 1. The molecule has 0 heterocycles. The second-order valence-electron chi connectivity index (χ2n) is 3.62. The molecular weight excluding hydrogens is 228 g/mol. The second kappa shape index (κ2) is 6.30. The molecule has 1 rings (SSSR count). The minimum Gasteiger partial charge on any atom is -0.395 e. The first kappa shape index (κ1) is 13.6. The van der Waals surface area contributed by atoms with Gasteiger partial charge in [-0.05, 0) is 18.6 Å². The zero-order valence-corrected chi connectivity index (χ0v) is 9.62. The number of hydrogen-bond acceptors (Lipinski definition) is 2. The van der Waals surface area contributed by atoms with Crippen LogP contribution in [0.1, 0.15) is 23.7 Å². The van der Waals surface area contributed by atoms with Gasteiger partial charge in [-0.2, -0.15) is 0 Å². The van der Waals surface area contributed by atoms with Crippen LogP contribution in [0.25, 0.3) is 0 Å². The van der Waals surface area contributed by atoms with E-state index in [2.05, 4.69) is 0 Å². The number of benzene rings is 1. The van der Waals surface area contributed by atoms with Gasteiger partial charge >= 0.3 is 0 Å². The van der Waals surface area contributed by atoms with Crippen LogP contribution in [0.5, 0.6) is 0 Å². The Hall–Kier alpha value is -1.49. The van der Waals surface area contributed by atoms with Gasteiger partial charge in [0.1, 0.15) is 0 Å². The first-order valence-electron chi connectivity index (χ1n) is 5.46. The van der Waals surface area contributed by atoms with Crippen LogP contribution in [-0.2, 0) is 0 Å². The zero-order valence-electron chi connectivity index (χ0n) is 9.62. The Morgan fingerprint density at radius 2 is 2.06 bits per heavy atom. The highest BCUT2D eigenvalue weighted by Crippen LogP contribution is 2.14. The van der Waals surface area contributed by atoms with Crippen LogP contribution in [0, 0.1) is 11.6 Å². The minimum atomic E-state index is -1.14. The van der Waals surface area contributed by atoms with Gasteiger partial charge < -0.3 is 10.0 Å². The van der Waals surface area contributed by atoms with Crippen LogP contribution in [0.3, 0.4) is 0 Å². The Morgan fingerprint density at radius 1 is 1.35 bits per heavy atom. The fourth-order valence-electron chi connectivity index (χ4n) is 1.54. The number of carbonyl (C=O) groups excluding carboxylic acids is 1. The van der Waals surface area contributed by atoms with Crippen molar-refractivity contribution >= 4 is 5.91 Å². The lowest BCUT2D eigenvalue weighted by molar-refractivity contribution is 0.0716. The number of amides is 1. The van der Waals surface area contributed by atoms with Gasteiger partial charge in [0.25, 0.3) is 5.91 Å². The molecule has 0 saturated heterocycles. The van der Waals surface area contributed by atoms with E-state index in [9.17, 15) is 13.6 Å². The summed E-state index contributed by atoms with van der Waals surface area (Å²) in [5.41, 5.74) is -0.299. The standard InChI is InChI=1S/C12H15F2NO2/c1-2-6-15(7-8-16)12(17)9-4-3-5-10(13)11(9)14/h3-5,16H,2,6-8H2,1H3. The summed E-state index contributed by atoms with van der Waals surface area (Å²) in [5, 5.41) is 8.82. The molecular formula is C12H15F2NO2. The van der Waals surface area contributed by atoms with E-state index in [1.54, 1.807) is 0 Å². The predicted molar refractivity (Wildman–Crippen MR) is 59.6 cm³/mol. The molecule has 0 aliphatic heterocycles. The Morgan fingerprint density at radius 3 is 2.65 bits per heavy atom. The molecule has 1 aromatic carbocycles. The molecule has 0 atom stereocenters. The van der Waals surface area contributed by atoms with E-state index in [-0.39, 0.29) is 18.7 Å². The van der Waals surface area contributed by atoms with Gasteiger partial charge in [0.05, 0.1) is 12.2 Å². The molecule has 5 heteroatoms. The molecule has 0 aliphatic carbocycles. The number of aliphatic hydroxyl groups is 1. The first-order chi connectivity index (χ1) is 8.11. The molecule has 94 valence electrons. The van der Waals surface area contributed by atoms with Gasteiger partial charge in [-0.15, -0.1) is 0 Å². The summed E-state index contributed by atoms with van der Waals surface area (Å²) in [4.78, 5) is 13.2. The van der Waals surface area contributed by atoms with Crippen LogP contribution in [-0.4, -0.2) is 35.6 Å². The third-order valence-electron chi connectivity index (χ3n) is 2.33. The Labute approximate surface area is 98.7 Å². The van der Waals surface area contributed by atoms with Crippen molar-refractivity contribution in [1.82, 2.24) is 4.90 Å². The molecule has 17 heavy (non-hydrogen) atoms. The molecule has 0 bridgehead atoms. The van der Waals surface area contributed by atoms with Crippen molar-refractivity contribution in [2.24, 2.45) is 0 Å². The van der Waals surface area contributed by atoms with Crippen LogP contribution in [0.4, 0.5) is 8.78 Å². The zero-order chi connectivity index (χ0) is 12.8. The van der Waals surface area contributed by atoms with Crippen molar-refractivity contribution in [3.63, 3.8) is 0 Å². The van der Waals surface area contributed by atoms with Gasteiger partial charge in [0, 0.05) is 13.1 Å². The van der Waals surface area contributed by atoms with Crippen molar-refractivity contribution in [2.75, 3.05) is 19.7 Å². The summed E-state index contributed by atoms with van der Waals surface area (Å²) in [5.74, 6) is -2.79. The summed E-state index contributed by atoms with van der Waals surface area (Å²) < 4.78 is 26.4. The van der Waals surface area contributed by atoms with Gasteiger partial charge in [-0.1, -0.05) is 13.0 Å². The van der Waals surface area contributed by atoms with Crippen molar-refractivity contribution in [3.05, 3.63) is 35.4 Å². The van der Waals surface area contributed by atoms with Crippen LogP contribution < -0.4 is 0 Å². The lowest BCUT2D eigenvalue weighted by Gasteiger charge is -2.21. The van der Waals surface area contributed by atoms with Crippen LogP contribution >= 0.6 is 0 Å². The molecule has 0 radical (unpaired) electrons. The van der Waals surface area contributed by atoms with E-state index in [0.29, 0.717) is 13.0 Å². The number of hydrogen-bond donors (Lipinski definition) is 1. The largest absolute Gasteiger partial charge is 0.395 e. The molecule has 0 saturated carbocycles. The van der Waals surface area contributed by atoms with E-state index in [1.807, 2.05) is 6.92 Å². The maximum Gasteiger partial charge on any atom is 0.257 e. The predicted octanol–water partition coefficient (Wildman–Crippen LogP) is 1.81. The average molecular weight is 243 g/mol. The maximum atomic E-state index is 13.4. The van der Waals surface area contributed by atoms with Gasteiger partial charge in [-0.25, -0.2) is 8.78 Å². The molecule has 0 aliphatic rings. The van der Waals surface area contributed by atoms with Crippen molar-refractivity contribution in [2.45, 2.75) is 13.3 Å². The quantitative estimate of drug-likeness (QED) is 0.856. The molecule has 0 aromatic heterocycles. The summed E-state index contributed by atoms with van der Waals surface area (Å²) in [6, 6.07) is 3.48. The van der Waals surface area contributed by atoms with Gasteiger partial charge in [-0.3, -0.25) is 4.79 Å². The third kappa shape index (κ3) is 3.23. The smallest absolute Gasteiger partial charge is 0.257 e. The Balaban J connectivity index is 2.96. The van der Waals surface area contributed by atoms with E-state index in [4.69, 9.17) is 5.11 Å². The van der Waals surface area contributed by atoms with Crippen LogP contribution in [0.15, 0.2) is 18.2 Å². The molecule has 1 amide bonds.